The van der Waals surface area contributed by atoms with Gasteiger partial charge in [-0.1, -0.05) is 0 Å². The van der Waals surface area contributed by atoms with Crippen LogP contribution in [0.25, 0.3) is 0 Å². The average Bonchev–Trinajstić information content (AvgIpc) is 2.18. The predicted octanol–water partition coefficient (Wildman–Crippen LogP) is 2.92. The van der Waals surface area contributed by atoms with Crippen LogP contribution in [0.2, 0.25) is 0 Å². The summed E-state index contributed by atoms with van der Waals surface area (Å²) >= 11 is 0. The lowest BCUT2D eigenvalue weighted by molar-refractivity contribution is 0.0919. The second kappa shape index (κ2) is 5.21. The Morgan fingerprint density at radius 1 is 1.35 bits per heavy atom. The third-order valence-corrected chi connectivity index (χ3v) is 2.23. The fourth-order valence-electron chi connectivity index (χ4n) is 1.52. The van der Waals surface area contributed by atoms with E-state index < -0.39 is 0 Å². The van der Waals surface area contributed by atoms with Crippen molar-refractivity contribution in [2.24, 2.45) is 0 Å². The van der Waals surface area contributed by atoms with Gasteiger partial charge in [0.15, 0.2) is 0 Å². The molecule has 0 saturated heterocycles. The van der Waals surface area contributed by atoms with E-state index in [9.17, 15) is 4.79 Å². The maximum Gasteiger partial charge on any atom is 0.251 e. The molecule has 94 valence electrons. The van der Waals surface area contributed by atoms with E-state index in [1.807, 2.05) is 46.8 Å². The maximum atomic E-state index is 11.9. The quantitative estimate of drug-likeness (QED) is 0.874. The van der Waals surface area contributed by atoms with Crippen molar-refractivity contribution in [1.82, 2.24) is 5.32 Å². The molecule has 1 amide bonds. The lowest BCUT2D eigenvalue weighted by Crippen LogP contribution is -2.40. The standard InChI is InChI=1S/C14H21NO2/c1-6-17-12-8-7-11(9-10(12)2)13(16)15-14(3,4)5/h7-9H,6H2,1-5H3,(H,15,16). The van der Waals surface area contributed by atoms with Gasteiger partial charge in [-0.15, -0.1) is 0 Å². The van der Waals surface area contributed by atoms with Gasteiger partial charge in [0.1, 0.15) is 5.75 Å². The molecule has 0 bridgehead atoms. The Balaban J connectivity index is 2.86. The molecule has 17 heavy (non-hydrogen) atoms. The van der Waals surface area contributed by atoms with Gasteiger partial charge in [0.05, 0.1) is 6.61 Å². The van der Waals surface area contributed by atoms with Crippen molar-refractivity contribution < 1.29 is 9.53 Å². The number of aryl methyl sites for hydroxylation is 1. The molecule has 1 aromatic rings. The van der Waals surface area contributed by atoms with Crippen molar-refractivity contribution in [1.29, 1.82) is 0 Å². The van der Waals surface area contributed by atoms with Gasteiger partial charge >= 0.3 is 0 Å². The Kier molecular flexibility index (Phi) is 4.16. The maximum absolute atomic E-state index is 11.9. The average molecular weight is 235 g/mol. The summed E-state index contributed by atoms with van der Waals surface area (Å²) in [5, 5.41) is 2.93. The number of rotatable bonds is 3. The van der Waals surface area contributed by atoms with Crippen LogP contribution >= 0.6 is 0 Å². The molecule has 0 spiro atoms. The Hall–Kier alpha value is -1.51. The van der Waals surface area contributed by atoms with Crippen molar-refractivity contribution in [2.75, 3.05) is 6.61 Å². The number of amides is 1. The molecule has 0 saturated carbocycles. The Bertz CT molecular complexity index is 405. The van der Waals surface area contributed by atoms with Crippen molar-refractivity contribution >= 4 is 5.91 Å². The van der Waals surface area contributed by atoms with E-state index >= 15 is 0 Å². The van der Waals surface area contributed by atoms with Gasteiger partial charge in [-0.05, 0) is 58.4 Å². The molecule has 3 nitrogen and oxygen atoms in total. The Morgan fingerprint density at radius 2 is 2.00 bits per heavy atom. The molecule has 0 fully saturated rings. The first-order chi connectivity index (χ1) is 7.83. The van der Waals surface area contributed by atoms with Gasteiger partial charge in [-0.2, -0.15) is 0 Å². The van der Waals surface area contributed by atoms with E-state index in [-0.39, 0.29) is 11.4 Å². The molecule has 3 heteroatoms. The molecule has 0 radical (unpaired) electrons. The zero-order chi connectivity index (χ0) is 13.1. The molecule has 1 N–H and O–H groups in total. The van der Waals surface area contributed by atoms with Crippen LogP contribution in [0, 0.1) is 6.92 Å². The second-order valence-electron chi connectivity index (χ2n) is 5.12. The number of nitrogens with one attached hydrogen (secondary N) is 1. The first-order valence-electron chi connectivity index (χ1n) is 5.89. The highest BCUT2D eigenvalue weighted by Crippen LogP contribution is 2.19. The number of benzene rings is 1. The van der Waals surface area contributed by atoms with Crippen molar-refractivity contribution in [3.63, 3.8) is 0 Å². The third kappa shape index (κ3) is 4.10. The molecule has 0 atom stereocenters. The molecule has 0 aromatic heterocycles. The highest BCUT2D eigenvalue weighted by atomic mass is 16.5. The first kappa shape index (κ1) is 13.6. The van der Waals surface area contributed by atoms with Gasteiger partial charge in [0.25, 0.3) is 5.91 Å². The van der Waals surface area contributed by atoms with Gasteiger partial charge in [0, 0.05) is 11.1 Å². The van der Waals surface area contributed by atoms with Gasteiger partial charge in [-0.25, -0.2) is 0 Å². The topological polar surface area (TPSA) is 38.3 Å². The highest BCUT2D eigenvalue weighted by molar-refractivity contribution is 5.95. The van der Waals surface area contributed by atoms with Crippen LogP contribution in [0.15, 0.2) is 18.2 Å². The lowest BCUT2D eigenvalue weighted by atomic mass is 10.1. The zero-order valence-electron chi connectivity index (χ0n) is 11.3. The summed E-state index contributed by atoms with van der Waals surface area (Å²) in [6.45, 7) is 10.4. The van der Waals surface area contributed by atoms with Gasteiger partial charge in [-0.3, -0.25) is 4.79 Å². The minimum atomic E-state index is -0.219. The predicted molar refractivity (Wildman–Crippen MR) is 69.6 cm³/mol. The fraction of sp³-hybridized carbons (Fsp3) is 0.500. The molecule has 0 aliphatic heterocycles. The summed E-state index contributed by atoms with van der Waals surface area (Å²) in [5.74, 6) is 0.781. The number of hydrogen-bond acceptors (Lipinski definition) is 2. The van der Waals surface area contributed by atoms with Crippen LogP contribution in [0.5, 0.6) is 5.75 Å². The van der Waals surface area contributed by atoms with E-state index in [4.69, 9.17) is 4.74 Å². The van der Waals surface area contributed by atoms with Crippen LogP contribution in [-0.2, 0) is 0 Å². The summed E-state index contributed by atoms with van der Waals surface area (Å²) in [6, 6.07) is 5.49. The minimum Gasteiger partial charge on any atom is -0.494 e. The van der Waals surface area contributed by atoms with E-state index in [2.05, 4.69) is 5.32 Å². The monoisotopic (exact) mass is 235 g/mol. The summed E-state index contributed by atoms with van der Waals surface area (Å²) < 4.78 is 5.44. The largest absolute Gasteiger partial charge is 0.494 e. The van der Waals surface area contributed by atoms with E-state index in [1.165, 1.54) is 0 Å². The van der Waals surface area contributed by atoms with Crippen LogP contribution in [0.1, 0.15) is 43.6 Å². The summed E-state index contributed by atoms with van der Waals surface area (Å²) in [6.07, 6.45) is 0. The number of carbonyl (C=O) groups is 1. The molecule has 1 aromatic carbocycles. The molecule has 1 rings (SSSR count). The third-order valence-electron chi connectivity index (χ3n) is 2.23. The van der Waals surface area contributed by atoms with Crippen molar-refractivity contribution in [3.05, 3.63) is 29.3 Å². The van der Waals surface area contributed by atoms with E-state index in [1.54, 1.807) is 6.07 Å². The minimum absolute atomic E-state index is 0.0522. The van der Waals surface area contributed by atoms with E-state index in [0.717, 1.165) is 11.3 Å². The summed E-state index contributed by atoms with van der Waals surface area (Å²) in [4.78, 5) is 11.9. The SMILES string of the molecule is CCOc1ccc(C(=O)NC(C)(C)C)cc1C. The van der Waals surface area contributed by atoms with Gasteiger partial charge in [0.2, 0.25) is 0 Å². The normalized spacial score (nSPS) is 11.1. The molecule has 0 aliphatic rings. The number of hydrogen-bond donors (Lipinski definition) is 1. The molecule has 0 heterocycles. The zero-order valence-corrected chi connectivity index (χ0v) is 11.3. The first-order valence-corrected chi connectivity index (χ1v) is 5.89. The number of carbonyl (C=O) groups excluding carboxylic acids is 1. The molecule has 0 aliphatic carbocycles. The molecular weight excluding hydrogens is 214 g/mol. The van der Waals surface area contributed by atoms with Crippen LogP contribution < -0.4 is 10.1 Å². The van der Waals surface area contributed by atoms with Gasteiger partial charge < -0.3 is 10.1 Å². The van der Waals surface area contributed by atoms with Crippen molar-refractivity contribution in [2.45, 2.75) is 40.2 Å². The Labute approximate surface area is 103 Å². The van der Waals surface area contributed by atoms with Crippen LogP contribution in [-0.4, -0.2) is 18.1 Å². The number of ether oxygens (including phenoxy) is 1. The lowest BCUT2D eigenvalue weighted by Gasteiger charge is -2.20. The smallest absolute Gasteiger partial charge is 0.251 e. The van der Waals surface area contributed by atoms with Crippen molar-refractivity contribution in [3.8, 4) is 5.75 Å². The summed E-state index contributed by atoms with van der Waals surface area (Å²) in [5.41, 5.74) is 1.43. The van der Waals surface area contributed by atoms with Crippen LogP contribution in [0.4, 0.5) is 0 Å². The fourth-order valence-corrected chi connectivity index (χ4v) is 1.52. The summed E-state index contributed by atoms with van der Waals surface area (Å²) in [7, 11) is 0. The molecule has 0 unspecified atom stereocenters. The molecular formula is C14H21NO2. The Morgan fingerprint density at radius 3 is 2.47 bits per heavy atom. The van der Waals surface area contributed by atoms with Crippen LogP contribution in [0.3, 0.4) is 0 Å². The second-order valence-corrected chi connectivity index (χ2v) is 5.12. The van der Waals surface area contributed by atoms with E-state index in [0.29, 0.717) is 12.2 Å². The highest BCUT2D eigenvalue weighted by Gasteiger charge is 2.15.